The minimum absolute atomic E-state index is 0.0843. The lowest BCUT2D eigenvalue weighted by atomic mass is 10.2. The molecular formula is C24H26N2O5S. The molecule has 0 heterocycles. The number of anilines is 1. The predicted molar refractivity (Wildman–Crippen MR) is 124 cm³/mol. The van der Waals surface area contributed by atoms with Crippen molar-refractivity contribution in [1.29, 1.82) is 0 Å². The monoisotopic (exact) mass is 454 g/mol. The van der Waals surface area contributed by atoms with Crippen molar-refractivity contribution < 1.29 is 22.7 Å². The van der Waals surface area contributed by atoms with Gasteiger partial charge >= 0.3 is 0 Å². The predicted octanol–water partition coefficient (Wildman–Crippen LogP) is 3.52. The lowest BCUT2D eigenvalue weighted by Crippen LogP contribution is -2.41. The Bertz CT molecular complexity index is 1180. The van der Waals surface area contributed by atoms with E-state index < -0.39 is 22.5 Å². The van der Waals surface area contributed by atoms with Gasteiger partial charge in [-0.15, -0.1) is 0 Å². The van der Waals surface area contributed by atoms with E-state index in [1.54, 1.807) is 43.5 Å². The Morgan fingerprint density at radius 2 is 1.56 bits per heavy atom. The van der Waals surface area contributed by atoms with Crippen LogP contribution in [0, 0.1) is 6.92 Å². The average Bonchev–Trinajstić information content (AvgIpc) is 2.81. The third kappa shape index (κ3) is 5.20. The molecule has 1 N–H and O–H groups in total. The molecule has 0 saturated carbocycles. The van der Waals surface area contributed by atoms with Gasteiger partial charge in [0.2, 0.25) is 5.91 Å². The number of amides is 1. The fourth-order valence-corrected chi connectivity index (χ4v) is 4.69. The number of rotatable bonds is 9. The van der Waals surface area contributed by atoms with E-state index in [0.717, 1.165) is 15.4 Å². The zero-order chi connectivity index (χ0) is 23.1. The Morgan fingerprint density at radius 3 is 2.25 bits per heavy atom. The topological polar surface area (TPSA) is 84.9 Å². The highest BCUT2D eigenvalue weighted by atomic mass is 32.2. The van der Waals surface area contributed by atoms with Crippen molar-refractivity contribution in [2.24, 2.45) is 0 Å². The van der Waals surface area contributed by atoms with Crippen LogP contribution < -0.4 is 19.1 Å². The van der Waals surface area contributed by atoms with Gasteiger partial charge < -0.3 is 14.8 Å². The van der Waals surface area contributed by atoms with E-state index in [4.69, 9.17) is 9.47 Å². The number of para-hydroxylation sites is 1. The second-order valence-corrected chi connectivity index (χ2v) is 8.95. The van der Waals surface area contributed by atoms with Crippen LogP contribution in [0.1, 0.15) is 11.1 Å². The first-order valence-electron chi connectivity index (χ1n) is 9.98. The van der Waals surface area contributed by atoms with Crippen molar-refractivity contribution in [1.82, 2.24) is 5.32 Å². The van der Waals surface area contributed by atoms with Crippen LogP contribution in [0.3, 0.4) is 0 Å². The minimum atomic E-state index is -4.03. The molecule has 0 radical (unpaired) electrons. The molecule has 32 heavy (non-hydrogen) atoms. The molecule has 7 nitrogen and oxygen atoms in total. The smallest absolute Gasteiger partial charge is 0.264 e. The van der Waals surface area contributed by atoms with Gasteiger partial charge in [0.05, 0.1) is 24.8 Å². The number of nitrogens with zero attached hydrogens (tertiary/aromatic N) is 1. The summed E-state index contributed by atoms with van der Waals surface area (Å²) < 4.78 is 38.8. The second-order valence-electron chi connectivity index (χ2n) is 7.09. The number of ether oxygens (including phenoxy) is 2. The Kier molecular flexibility index (Phi) is 7.37. The van der Waals surface area contributed by atoms with E-state index in [1.165, 1.54) is 19.2 Å². The van der Waals surface area contributed by atoms with Crippen LogP contribution in [-0.2, 0) is 21.4 Å². The van der Waals surface area contributed by atoms with Crippen LogP contribution in [0.2, 0.25) is 0 Å². The molecule has 0 aliphatic heterocycles. The first-order valence-corrected chi connectivity index (χ1v) is 11.4. The Morgan fingerprint density at radius 1 is 0.906 bits per heavy atom. The summed E-state index contributed by atoms with van der Waals surface area (Å²) in [5.41, 5.74) is 1.92. The fraction of sp³-hybridized carbons (Fsp3) is 0.208. The highest BCUT2D eigenvalue weighted by Crippen LogP contribution is 2.33. The van der Waals surface area contributed by atoms with Gasteiger partial charge in [-0.25, -0.2) is 8.42 Å². The van der Waals surface area contributed by atoms with Gasteiger partial charge in [0.15, 0.2) is 0 Å². The van der Waals surface area contributed by atoms with Gasteiger partial charge in [-0.2, -0.15) is 0 Å². The molecular weight excluding hydrogens is 428 g/mol. The third-order valence-electron chi connectivity index (χ3n) is 4.89. The molecule has 3 aromatic carbocycles. The van der Waals surface area contributed by atoms with Crippen molar-refractivity contribution in [3.63, 3.8) is 0 Å². The summed E-state index contributed by atoms with van der Waals surface area (Å²) in [5.74, 6) is 0.536. The Balaban J connectivity index is 1.93. The van der Waals surface area contributed by atoms with Crippen molar-refractivity contribution in [3.05, 3.63) is 83.9 Å². The maximum absolute atomic E-state index is 13.5. The number of nitrogens with one attached hydrogen (secondary N) is 1. The molecule has 0 aliphatic carbocycles. The summed E-state index contributed by atoms with van der Waals surface area (Å²) in [6.07, 6.45) is 0. The summed E-state index contributed by atoms with van der Waals surface area (Å²) in [4.78, 5) is 12.9. The molecule has 0 bridgehead atoms. The molecule has 3 aromatic rings. The lowest BCUT2D eigenvalue weighted by Gasteiger charge is -2.26. The van der Waals surface area contributed by atoms with Crippen molar-refractivity contribution >= 4 is 21.6 Å². The molecule has 1 amide bonds. The van der Waals surface area contributed by atoms with E-state index in [-0.39, 0.29) is 11.4 Å². The molecule has 0 aromatic heterocycles. The highest BCUT2D eigenvalue weighted by molar-refractivity contribution is 7.92. The average molecular weight is 455 g/mol. The number of sulfonamides is 1. The SMILES string of the molecule is COc1ccccc1CNC(=O)CN(c1cc(C)ccc1OC)S(=O)(=O)c1ccccc1. The maximum atomic E-state index is 13.5. The Labute approximate surface area is 188 Å². The largest absolute Gasteiger partial charge is 0.496 e. The van der Waals surface area contributed by atoms with Crippen molar-refractivity contribution in [2.75, 3.05) is 25.1 Å². The quantitative estimate of drug-likeness (QED) is 0.535. The van der Waals surface area contributed by atoms with Crippen LogP contribution in [0.25, 0.3) is 0 Å². The summed E-state index contributed by atoms with van der Waals surface area (Å²) in [7, 11) is -1.01. The third-order valence-corrected chi connectivity index (χ3v) is 6.66. The maximum Gasteiger partial charge on any atom is 0.264 e. The number of aryl methyl sites for hydroxylation is 1. The number of methoxy groups -OCH3 is 2. The van der Waals surface area contributed by atoms with E-state index in [2.05, 4.69) is 5.32 Å². The van der Waals surface area contributed by atoms with Gasteiger partial charge in [-0.05, 0) is 42.8 Å². The molecule has 0 saturated heterocycles. The van der Waals surface area contributed by atoms with E-state index in [0.29, 0.717) is 17.2 Å². The van der Waals surface area contributed by atoms with E-state index in [9.17, 15) is 13.2 Å². The molecule has 3 rings (SSSR count). The molecule has 168 valence electrons. The van der Waals surface area contributed by atoms with Gasteiger partial charge in [0, 0.05) is 12.1 Å². The lowest BCUT2D eigenvalue weighted by molar-refractivity contribution is -0.119. The van der Waals surface area contributed by atoms with Crippen LogP contribution in [0.5, 0.6) is 11.5 Å². The number of carbonyl (C=O) groups is 1. The number of hydrogen-bond donors (Lipinski definition) is 1. The first kappa shape index (κ1) is 23.1. The fourth-order valence-electron chi connectivity index (χ4n) is 3.24. The summed E-state index contributed by atoms with van der Waals surface area (Å²) in [6, 6.07) is 20.5. The normalized spacial score (nSPS) is 11.0. The molecule has 0 unspecified atom stereocenters. The number of benzene rings is 3. The molecule has 0 aliphatic rings. The van der Waals surface area contributed by atoms with Gasteiger partial charge in [-0.1, -0.05) is 42.5 Å². The summed E-state index contributed by atoms with van der Waals surface area (Å²) in [5, 5.41) is 2.78. The number of hydrogen-bond acceptors (Lipinski definition) is 5. The minimum Gasteiger partial charge on any atom is -0.496 e. The zero-order valence-electron chi connectivity index (χ0n) is 18.2. The van der Waals surface area contributed by atoms with E-state index in [1.807, 2.05) is 31.2 Å². The van der Waals surface area contributed by atoms with Crippen LogP contribution >= 0.6 is 0 Å². The summed E-state index contributed by atoms with van der Waals surface area (Å²) in [6.45, 7) is 1.64. The van der Waals surface area contributed by atoms with Gasteiger partial charge in [0.1, 0.15) is 18.0 Å². The van der Waals surface area contributed by atoms with Crippen molar-refractivity contribution in [2.45, 2.75) is 18.4 Å². The molecule has 0 atom stereocenters. The van der Waals surface area contributed by atoms with Crippen molar-refractivity contribution in [3.8, 4) is 11.5 Å². The zero-order valence-corrected chi connectivity index (χ0v) is 19.1. The van der Waals surface area contributed by atoms with Crippen LogP contribution in [0.4, 0.5) is 5.69 Å². The van der Waals surface area contributed by atoms with Gasteiger partial charge in [0.25, 0.3) is 10.0 Å². The number of carbonyl (C=O) groups excluding carboxylic acids is 1. The van der Waals surface area contributed by atoms with Gasteiger partial charge in [-0.3, -0.25) is 9.10 Å². The molecule has 0 spiro atoms. The summed E-state index contributed by atoms with van der Waals surface area (Å²) >= 11 is 0. The highest BCUT2D eigenvalue weighted by Gasteiger charge is 2.29. The second kappa shape index (κ2) is 10.2. The molecule has 8 heteroatoms. The Hall–Kier alpha value is -3.52. The van der Waals surface area contributed by atoms with Crippen LogP contribution in [-0.4, -0.2) is 35.1 Å². The van der Waals surface area contributed by atoms with Crippen LogP contribution in [0.15, 0.2) is 77.7 Å². The first-order chi connectivity index (χ1) is 15.4. The molecule has 0 fully saturated rings. The standard InChI is InChI=1S/C24H26N2O5S/c1-18-13-14-23(31-3)21(15-18)26(32(28,29)20-10-5-4-6-11-20)17-24(27)25-16-19-9-7-8-12-22(19)30-2/h4-15H,16-17H2,1-3H3,(H,25,27). The van der Waals surface area contributed by atoms with E-state index >= 15 is 0 Å².